The molecule has 1 atom stereocenters. The summed E-state index contributed by atoms with van der Waals surface area (Å²) in [7, 11) is 1.67. The van der Waals surface area contributed by atoms with E-state index in [1.807, 2.05) is 24.3 Å². The number of halogens is 1. The third-order valence-electron chi connectivity index (χ3n) is 1.91. The van der Waals surface area contributed by atoms with Crippen molar-refractivity contribution in [2.45, 2.75) is 19.6 Å². The van der Waals surface area contributed by atoms with E-state index in [-0.39, 0.29) is 0 Å². The van der Waals surface area contributed by atoms with Crippen molar-refractivity contribution in [3.63, 3.8) is 0 Å². The molecule has 0 spiro atoms. The molecule has 0 saturated carbocycles. The van der Waals surface area contributed by atoms with Gasteiger partial charge in [-0.15, -0.1) is 0 Å². The number of rotatable bonds is 5. The molecular weight excluding hydrogens is 291 g/mol. The monoisotopic (exact) mass is 306 g/mol. The number of hydrogen-bond donors (Lipinski definition) is 0. The van der Waals surface area contributed by atoms with Gasteiger partial charge in [-0.25, -0.2) is 0 Å². The van der Waals surface area contributed by atoms with E-state index in [0.29, 0.717) is 12.7 Å². The molecule has 0 fully saturated rings. The molecule has 0 aromatic heterocycles. The fourth-order valence-corrected chi connectivity index (χ4v) is 1.26. The van der Waals surface area contributed by atoms with Crippen LogP contribution < -0.4 is 4.74 Å². The summed E-state index contributed by atoms with van der Waals surface area (Å²) in [5.74, 6) is 0.885. The predicted octanol–water partition coefficient (Wildman–Crippen LogP) is 3.04. The number of hydrogen-bond acceptors (Lipinski definition) is 2. The average Bonchev–Trinajstić information content (AvgIpc) is 2.26. The Morgan fingerprint density at radius 3 is 2.43 bits per heavy atom. The molecule has 0 radical (unpaired) electrons. The fourth-order valence-electron chi connectivity index (χ4n) is 1.00. The second kappa shape index (κ2) is 6.24. The molecule has 0 N–H and O–H groups in total. The summed E-state index contributed by atoms with van der Waals surface area (Å²) in [5, 5.41) is 0. The molecule has 14 heavy (non-hydrogen) atoms. The number of ether oxygens (including phenoxy) is 2. The molecule has 1 rings (SSSR count). The first-order valence-electron chi connectivity index (χ1n) is 4.56. The van der Waals surface area contributed by atoms with Crippen LogP contribution in [0.25, 0.3) is 0 Å². The largest absolute Gasteiger partial charge is 0.497 e. The van der Waals surface area contributed by atoms with E-state index in [9.17, 15) is 0 Å². The molecule has 0 unspecified atom stereocenters. The van der Waals surface area contributed by atoms with Crippen LogP contribution in [0.5, 0.6) is 5.75 Å². The maximum absolute atomic E-state index is 5.60. The van der Waals surface area contributed by atoms with Crippen LogP contribution >= 0.6 is 22.6 Å². The number of methoxy groups -OCH3 is 1. The molecule has 0 heterocycles. The van der Waals surface area contributed by atoms with Crippen LogP contribution in [-0.4, -0.2) is 17.6 Å². The van der Waals surface area contributed by atoms with Gasteiger partial charge >= 0.3 is 0 Å². The van der Waals surface area contributed by atoms with Crippen LogP contribution in [0.2, 0.25) is 0 Å². The Morgan fingerprint density at radius 2 is 1.93 bits per heavy atom. The highest BCUT2D eigenvalue weighted by atomic mass is 127. The summed E-state index contributed by atoms with van der Waals surface area (Å²) in [5.41, 5.74) is 1.18. The quantitative estimate of drug-likeness (QED) is 0.615. The van der Waals surface area contributed by atoms with Gasteiger partial charge in [-0.1, -0.05) is 34.7 Å². The second-order valence-electron chi connectivity index (χ2n) is 3.12. The van der Waals surface area contributed by atoms with Crippen molar-refractivity contribution in [3.05, 3.63) is 29.8 Å². The molecule has 0 bridgehead atoms. The standard InChI is InChI=1S/C11H15IO2/c1-9(7-12)14-8-10-3-5-11(13-2)6-4-10/h3-6,9H,7-8H2,1-2H3/t9-/m0/s1. The van der Waals surface area contributed by atoms with E-state index in [2.05, 4.69) is 29.5 Å². The highest BCUT2D eigenvalue weighted by Gasteiger charge is 2.00. The second-order valence-corrected chi connectivity index (χ2v) is 4.00. The van der Waals surface area contributed by atoms with E-state index in [0.717, 1.165) is 10.2 Å². The maximum atomic E-state index is 5.60. The Hall–Kier alpha value is -0.290. The van der Waals surface area contributed by atoms with Crippen molar-refractivity contribution >= 4 is 22.6 Å². The molecule has 0 aliphatic rings. The van der Waals surface area contributed by atoms with Gasteiger partial charge in [0.1, 0.15) is 5.75 Å². The van der Waals surface area contributed by atoms with E-state index < -0.39 is 0 Å². The minimum absolute atomic E-state index is 0.317. The number of alkyl halides is 1. The first kappa shape index (κ1) is 11.8. The fraction of sp³-hybridized carbons (Fsp3) is 0.455. The van der Waals surface area contributed by atoms with E-state index >= 15 is 0 Å². The van der Waals surface area contributed by atoms with Crippen molar-refractivity contribution in [2.75, 3.05) is 11.5 Å². The zero-order chi connectivity index (χ0) is 10.4. The van der Waals surface area contributed by atoms with Gasteiger partial charge in [0.2, 0.25) is 0 Å². The Morgan fingerprint density at radius 1 is 1.29 bits per heavy atom. The van der Waals surface area contributed by atoms with Crippen LogP contribution in [0, 0.1) is 0 Å². The molecule has 3 heteroatoms. The summed E-state index contributed by atoms with van der Waals surface area (Å²) in [4.78, 5) is 0. The van der Waals surface area contributed by atoms with Crippen LogP contribution in [0.4, 0.5) is 0 Å². The van der Waals surface area contributed by atoms with Gasteiger partial charge in [0.15, 0.2) is 0 Å². The van der Waals surface area contributed by atoms with Gasteiger partial charge in [0.25, 0.3) is 0 Å². The maximum Gasteiger partial charge on any atom is 0.118 e. The van der Waals surface area contributed by atoms with Crippen LogP contribution in [-0.2, 0) is 11.3 Å². The molecule has 2 nitrogen and oxygen atoms in total. The lowest BCUT2D eigenvalue weighted by molar-refractivity contribution is 0.0706. The summed E-state index contributed by atoms with van der Waals surface area (Å²) in [6, 6.07) is 7.96. The van der Waals surface area contributed by atoms with Crippen LogP contribution in [0.3, 0.4) is 0 Å². The van der Waals surface area contributed by atoms with Crippen LogP contribution in [0.15, 0.2) is 24.3 Å². The lowest BCUT2D eigenvalue weighted by Crippen LogP contribution is -2.08. The first-order chi connectivity index (χ1) is 6.76. The smallest absolute Gasteiger partial charge is 0.118 e. The zero-order valence-electron chi connectivity index (χ0n) is 8.50. The highest BCUT2D eigenvalue weighted by molar-refractivity contribution is 14.1. The normalized spacial score (nSPS) is 12.5. The Bertz CT molecular complexity index is 258. The van der Waals surface area contributed by atoms with Crippen molar-refractivity contribution in [1.82, 2.24) is 0 Å². The molecular formula is C11H15IO2. The van der Waals surface area contributed by atoms with Crippen molar-refractivity contribution in [2.24, 2.45) is 0 Å². The predicted molar refractivity (Wildman–Crippen MR) is 66.1 cm³/mol. The van der Waals surface area contributed by atoms with Gasteiger partial charge in [-0.05, 0) is 24.6 Å². The first-order valence-corrected chi connectivity index (χ1v) is 6.09. The van der Waals surface area contributed by atoms with Gasteiger partial charge in [0.05, 0.1) is 19.8 Å². The van der Waals surface area contributed by atoms with Crippen molar-refractivity contribution in [3.8, 4) is 5.75 Å². The lowest BCUT2D eigenvalue weighted by Gasteiger charge is -2.09. The SMILES string of the molecule is COc1ccc(CO[C@@H](C)CI)cc1. The minimum Gasteiger partial charge on any atom is -0.497 e. The summed E-state index contributed by atoms with van der Waals surface area (Å²) in [6.45, 7) is 2.75. The highest BCUT2D eigenvalue weighted by Crippen LogP contribution is 2.12. The third kappa shape index (κ3) is 3.84. The van der Waals surface area contributed by atoms with Crippen molar-refractivity contribution in [1.29, 1.82) is 0 Å². The number of benzene rings is 1. The zero-order valence-corrected chi connectivity index (χ0v) is 10.7. The Balaban J connectivity index is 2.43. The average molecular weight is 306 g/mol. The van der Waals surface area contributed by atoms with E-state index in [1.165, 1.54) is 5.56 Å². The van der Waals surface area contributed by atoms with Crippen LogP contribution in [0.1, 0.15) is 12.5 Å². The summed E-state index contributed by atoms with van der Waals surface area (Å²) < 4.78 is 11.7. The lowest BCUT2D eigenvalue weighted by atomic mass is 10.2. The molecule has 1 aromatic rings. The van der Waals surface area contributed by atoms with E-state index in [1.54, 1.807) is 7.11 Å². The molecule has 0 saturated heterocycles. The van der Waals surface area contributed by atoms with Gasteiger partial charge < -0.3 is 9.47 Å². The molecule has 0 aliphatic carbocycles. The molecule has 78 valence electrons. The Labute approximate surface area is 98.7 Å². The van der Waals surface area contributed by atoms with Gasteiger partial charge in [-0.2, -0.15) is 0 Å². The van der Waals surface area contributed by atoms with Gasteiger partial charge in [-0.3, -0.25) is 0 Å². The summed E-state index contributed by atoms with van der Waals surface area (Å²) >= 11 is 2.32. The summed E-state index contributed by atoms with van der Waals surface area (Å²) in [6.07, 6.45) is 0.317. The van der Waals surface area contributed by atoms with Crippen molar-refractivity contribution < 1.29 is 9.47 Å². The molecule has 0 aliphatic heterocycles. The Kier molecular flexibility index (Phi) is 5.25. The molecule has 1 aromatic carbocycles. The van der Waals surface area contributed by atoms with Gasteiger partial charge in [0, 0.05) is 4.43 Å². The molecule has 0 amide bonds. The topological polar surface area (TPSA) is 18.5 Å². The van der Waals surface area contributed by atoms with E-state index in [4.69, 9.17) is 9.47 Å². The third-order valence-corrected chi connectivity index (χ3v) is 3.15. The minimum atomic E-state index is 0.317.